The number of anilines is 2. The number of rotatable bonds is 7. The summed E-state index contributed by atoms with van der Waals surface area (Å²) in [6, 6.07) is 14.8. The van der Waals surface area contributed by atoms with Gasteiger partial charge in [0.25, 0.3) is 15.9 Å². The van der Waals surface area contributed by atoms with Gasteiger partial charge in [-0.1, -0.05) is 29.8 Å². The third-order valence-corrected chi connectivity index (χ3v) is 6.17. The fourth-order valence-electron chi connectivity index (χ4n) is 2.74. The zero-order valence-electron chi connectivity index (χ0n) is 17.1. The Morgan fingerprint density at radius 1 is 1.00 bits per heavy atom. The van der Waals surface area contributed by atoms with Crippen LogP contribution < -0.4 is 14.8 Å². The Kier molecular flexibility index (Phi) is 7.19. The fraction of sp³-hybridized carbons (Fsp3) is 0.136. The van der Waals surface area contributed by atoms with Gasteiger partial charge in [0.2, 0.25) is 0 Å². The number of aryl methyl sites for hydroxylation is 1. The molecule has 0 atom stereocenters. The van der Waals surface area contributed by atoms with Crippen LogP contribution in [0.4, 0.5) is 24.5 Å². The molecule has 0 radical (unpaired) electrons. The maximum Gasteiger partial charge on any atom is 0.416 e. The largest absolute Gasteiger partial charge is 0.484 e. The topological polar surface area (TPSA) is 84.5 Å². The molecule has 0 bridgehead atoms. The van der Waals surface area contributed by atoms with Crippen LogP contribution in [0.25, 0.3) is 0 Å². The Labute approximate surface area is 193 Å². The monoisotopic (exact) mass is 498 g/mol. The molecule has 2 N–H and O–H groups in total. The molecule has 3 aromatic carbocycles. The molecule has 0 aliphatic carbocycles. The lowest BCUT2D eigenvalue weighted by molar-refractivity contribution is -0.137. The second kappa shape index (κ2) is 9.72. The summed E-state index contributed by atoms with van der Waals surface area (Å²) < 4.78 is 71.4. The summed E-state index contributed by atoms with van der Waals surface area (Å²) in [4.78, 5) is 12.1. The van der Waals surface area contributed by atoms with Gasteiger partial charge in [0.05, 0.1) is 26.9 Å². The van der Waals surface area contributed by atoms with Crippen LogP contribution >= 0.6 is 11.6 Å². The van der Waals surface area contributed by atoms with Gasteiger partial charge in [0.15, 0.2) is 6.61 Å². The van der Waals surface area contributed by atoms with Crippen molar-refractivity contribution in [1.29, 1.82) is 0 Å². The van der Waals surface area contributed by atoms with Crippen molar-refractivity contribution in [3.8, 4) is 5.75 Å². The van der Waals surface area contributed by atoms with Crippen molar-refractivity contribution >= 4 is 38.9 Å². The van der Waals surface area contributed by atoms with E-state index in [0.29, 0.717) is 5.69 Å². The first kappa shape index (κ1) is 24.4. The molecule has 174 valence electrons. The molecule has 0 saturated heterocycles. The molecule has 6 nitrogen and oxygen atoms in total. The van der Waals surface area contributed by atoms with Gasteiger partial charge >= 0.3 is 6.18 Å². The predicted molar refractivity (Wildman–Crippen MR) is 119 cm³/mol. The van der Waals surface area contributed by atoms with E-state index in [4.69, 9.17) is 16.3 Å². The molecular formula is C22H18ClF3N2O4S. The van der Waals surface area contributed by atoms with Crippen molar-refractivity contribution in [2.75, 3.05) is 16.6 Å². The number of sulfonamides is 1. The Balaban J connectivity index is 1.62. The molecule has 0 saturated carbocycles. The van der Waals surface area contributed by atoms with E-state index in [1.54, 1.807) is 31.2 Å². The summed E-state index contributed by atoms with van der Waals surface area (Å²) in [5.41, 5.74) is 0.0405. The molecular weight excluding hydrogens is 481 g/mol. The number of ether oxygens (including phenoxy) is 1. The van der Waals surface area contributed by atoms with E-state index < -0.39 is 34.3 Å². The smallest absolute Gasteiger partial charge is 0.416 e. The van der Waals surface area contributed by atoms with Gasteiger partial charge in [-0.05, 0) is 61.0 Å². The van der Waals surface area contributed by atoms with Crippen LogP contribution in [0.3, 0.4) is 0 Å². The Morgan fingerprint density at radius 2 is 1.67 bits per heavy atom. The highest BCUT2D eigenvalue weighted by Gasteiger charge is 2.31. The van der Waals surface area contributed by atoms with Gasteiger partial charge < -0.3 is 10.1 Å². The molecule has 0 aromatic heterocycles. The molecule has 33 heavy (non-hydrogen) atoms. The summed E-state index contributed by atoms with van der Waals surface area (Å²) in [5, 5.41) is 2.20. The fourth-order valence-corrected chi connectivity index (χ4v) is 4.03. The second-order valence-corrected chi connectivity index (χ2v) is 9.01. The average molecular weight is 499 g/mol. The average Bonchev–Trinajstić information content (AvgIpc) is 2.75. The minimum atomic E-state index is -4.59. The molecule has 0 aliphatic heterocycles. The Morgan fingerprint density at radius 3 is 2.30 bits per heavy atom. The molecule has 1 amide bonds. The number of halogens is 4. The third kappa shape index (κ3) is 6.39. The normalized spacial score (nSPS) is 11.7. The first-order chi connectivity index (χ1) is 15.5. The SMILES string of the molecule is Cc1ccccc1NS(=O)(=O)c1ccc(OCC(=O)Nc2cc(C(F)(F)F)ccc2Cl)cc1. The minimum absolute atomic E-state index is 0.0155. The van der Waals surface area contributed by atoms with Crippen LogP contribution in [0.5, 0.6) is 5.75 Å². The number of para-hydroxylation sites is 1. The van der Waals surface area contributed by atoms with E-state index in [2.05, 4.69) is 10.0 Å². The quantitative estimate of drug-likeness (QED) is 0.451. The van der Waals surface area contributed by atoms with Crippen LogP contribution in [-0.4, -0.2) is 20.9 Å². The summed E-state index contributed by atoms with van der Waals surface area (Å²) in [7, 11) is -3.84. The first-order valence-corrected chi connectivity index (χ1v) is 11.3. The van der Waals surface area contributed by atoms with Crippen molar-refractivity contribution in [2.24, 2.45) is 0 Å². The maximum atomic E-state index is 12.8. The standard InChI is InChI=1S/C22H18ClF3N2O4S/c1-14-4-2-3-5-19(14)28-33(30,31)17-9-7-16(8-10-17)32-13-21(29)27-20-12-15(22(24,25)26)6-11-18(20)23/h2-12,28H,13H2,1H3,(H,27,29). The Hall–Kier alpha value is -3.24. The molecule has 3 rings (SSSR count). The lowest BCUT2D eigenvalue weighted by Crippen LogP contribution is -2.21. The van der Waals surface area contributed by atoms with Crippen molar-refractivity contribution < 1.29 is 31.1 Å². The predicted octanol–water partition coefficient (Wildman–Crippen LogP) is 5.49. The van der Waals surface area contributed by atoms with E-state index in [-0.39, 0.29) is 21.4 Å². The summed E-state index contributed by atoms with van der Waals surface area (Å²) in [6.07, 6.45) is -4.59. The lowest BCUT2D eigenvalue weighted by atomic mass is 10.2. The maximum absolute atomic E-state index is 12.8. The van der Waals surface area contributed by atoms with Crippen molar-refractivity contribution in [3.63, 3.8) is 0 Å². The van der Waals surface area contributed by atoms with Crippen LogP contribution in [0.2, 0.25) is 5.02 Å². The van der Waals surface area contributed by atoms with Gasteiger partial charge in [-0.25, -0.2) is 8.42 Å². The van der Waals surface area contributed by atoms with E-state index >= 15 is 0 Å². The van der Waals surface area contributed by atoms with Crippen molar-refractivity contribution in [2.45, 2.75) is 18.0 Å². The Bertz CT molecular complexity index is 1260. The third-order valence-electron chi connectivity index (χ3n) is 4.46. The van der Waals surface area contributed by atoms with E-state index in [0.717, 1.165) is 23.8 Å². The van der Waals surface area contributed by atoms with E-state index in [1.165, 1.54) is 24.3 Å². The number of nitrogens with one attached hydrogen (secondary N) is 2. The minimum Gasteiger partial charge on any atom is -0.484 e. The van der Waals surface area contributed by atoms with Gasteiger partial charge in [0, 0.05) is 0 Å². The summed E-state index contributed by atoms with van der Waals surface area (Å²) >= 11 is 5.85. The molecule has 0 spiro atoms. The van der Waals surface area contributed by atoms with Gasteiger partial charge in [-0.15, -0.1) is 0 Å². The first-order valence-electron chi connectivity index (χ1n) is 9.43. The molecule has 3 aromatic rings. The number of hydrogen-bond acceptors (Lipinski definition) is 4. The summed E-state index contributed by atoms with van der Waals surface area (Å²) in [6.45, 7) is 1.24. The van der Waals surface area contributed by atoms with E-state index in [1.807, 2.05) is 0 Å². The number of hydrogen-bond donors (Lipinski definition) is 2. The molecule has 0 aliphatic rings. The number of carbonyl (C=O) groups is 1. The molecule has 0 unspecified atom stereocenters. The lowest BCUT2D eigenvalue weighted by Gasteiger charge is -2.13. The van der Waals surface area contributed by atoms with Crippen LogP contribution in [0, 0.1) is 6.92 Å². The van der Waals surface area contributed by atoms with Gasteiger partial charge in [-0.3, -0.25) is 9.52 Å². The molecule has 0 fully saturated rings. The number of carbonyl (C=O) groups excluding carboxylic acids is 1. The molecule has 11 heteroatoms. The van der Waals surface area contributed by atoms with Gasteiger partial charge in [-0.2, -0.15) is 13.2 Å². The van der Waals surface area contributed by atoms with Crippen LogP contribution in [-0.2, 0) is 21.0 Å². The second-order valence-electron chi connectivity index (χ2n) is 6.92. The van der Waals surface area contributed by atoms with Crippen molar-refractivity contribution in [1.82, 2.24) is 0 Å². The number of amides is 1. The van der Waals surface area contributed by atoms with Crippen molar-refractivity contribution in [3.05, 3.63) is 82.9 Å². The highest BCUT2D eigenvalue weighted by Crippen LogP contribution is 2.33. The highest BCUT2D eigenvalue weighted by molar-refractivity contribution is 7.92. The van der Waals surface area contributed by atoms with Crippen LogP contribution in [0.1, 0.15) is 11.1 Å². The van der Waals surface area contributed by atoms with Gasteiger partial charge in [0.1, 0.15) is 5.75 Å². The number of alkyl halides is 3. The zero-order valence-corrected chi connectivity index (χ0v) is 18.7. The summed E-state index contributed by atoms with van der Waals surface area (Å²) in [5.74, 6) is -0.552. The number of benzene rings is 3. The van der Waals surface area contributed by atoms with E-state index in [9.17, 15) is 26.4 Å². The zero-order chi connectivity index (χ0) is 24.2. The molecule has 0 heterocycles. The highest BCUT2D eigenvalue weighted by atomic mass is 35.5. The van der Waals surface area contributed by atoms with Crippen LogP contribution in [0.15, 0.2) is 71.6 Å².